The van der Waals surface area contributed by atoms with Crippen LogP contribution in [0.1, 0.15) is 17.7 Å². The second-order valence-electron chi connectivity index (χ2n) is 5.13. The fourth-order valence-electron chi connectivity index (χ4n) is 2.34. The summed E-state index contributed by atoms with van der Waals surface area (Å²) >= 11 is 0. The molecule has 5 nitrogen and oxygen atoms in total. The number of sulfonamides is 1. The van der Waals surface area contributed by atoms with E-state index in [4.69, 9.17) is 4.42 Å². The van der Waals surface area contributed by atoms with E-state index in [-0.39, 0.29) is 11.4 Å². The molecule has 2 aromatic rings. The number of carbonyl (C=O) groups excluding carboxylic acids is 1. The second-order valence-corrected chi connectivity index (χ2v) is 6.99. The van der Waals surface area contributed by atoms with Crippen LogP contribution in [0.25, 0.3) is 6.08 Å². The third kappa shape index (κ3) is 2.57. The predicted molar refractivity (Wildman–Crippen MR) is 81.4 cm³/mol. The molecule has 3 rings (SSSR count). The Morgan fingerprint density at radius 1 is 1.18 bits per heavy atom. The maximum absolute atomic E-state index is 12.6. The Hall–Kier alpha value is -2.34. The highest BCUT2D eigenvalue weighted by atomic mass is 32.2. The predicted octanol–water partition coefficient (Wildman–Crippen LogP) is 2.59. The Labute approximate surface area is 128 Å². The van der Waals surface area contributed by atoms with Crippen LogP contribution in [0.4, 0.5) is 0 Å². The molecule has 0 saturated carbocycles. The van der Waals surface area contributed by atoms with Crippen molar-refractivity contribution < 1.29 is 17.6 Å². The SMILES string of the molecule is Cc1ccc(S(=O)(=O)N2CC/C(=C\c3ccco3)C2=O)cc1. The molecular formula is C16H15NO4S. The van der Waals surface area contributed by atoms with Crippen LogP contribution in [-0.2, 0) is 14.8 Å². The minimum absolute atomic E-state index is 0.130. The number of furan rings is 1. The first-order chi connectivity index (χ1) is 10.5. The first-order valence-electron chi connectivity index (χ1n) is 6.86. The van der Waals surface area contributed by atoms with Gasteiger partial charge < -0.3 is 4.42 Å². The van der Waals surface area contributed by atoms with Gasteiger partial charge >= 0.3 is 0 Å². The van der Waals surface area contributed by atoms with Crippen molar-refractivity contribution in [2.75, 3.05) is 6.54 Å². The average Bonchev–Trinajstić information content (AvgIpc) is 3.11. The van der Waals surface area contributed by atoms with E-state index in [1.165, 1.54) is 18.4 Å². The quantitative estimate of drug-likeness (QED) is 0.816. The van der Waals surface area contributed by atoms with E-state index in [2.05, 4.69) is 0 Å². The smallest absolute Gasteiger partial charge is 0.266 e. The molecule has 0 atom stereocenters. The molecule has 0 N–H and O–H groups in total. The molecule has 114 valence electrons. The summed E-state index contributed by atoms with van der Waals surface area (Å²) in [5, 5.41) is 0. The van der Waals surface area contributed by atoms with Gasteiger partial charge in [0.25, 0.3) is 15.9 Å². The van der Waals surface area contributed by atoms with E-state index >= 15 is 0 Å². The van der Waals surface area contributed by atoms with Crippen molar-refractivity contribution in [1.82, 2.24) is 4.31 Å². The molecule has 0 radical (unpaired) electrons. The molecule has 2 heterocycles. The van der Waals surface area contributed by atoms with Gasteiger partial charge in [0.1, 0.15) is 5.76 Å². The molecule has 0 aliphatic carbocycles. The number of hydrogen-bond acceptors (Lipinski definition) is 4. The molecule has 1 saturated heterocycles. The largest absolute Gasteiger partial charge is 0.465 e. The van der Waals surface area contributed by atoms with Crippen molar-refractivity contribution in [2.24, 2.45) is 0 Å². The lowest BCUT2D eigenvalue weighted by Gasteiger charge is -2.15. The van der Waals surface area contributed by atoms with Crippen molar-refractivity contribution in [2.45, 2.75) is 18.2 Å². The monoisotopic (exact) mass is 317 g/mol. The van der Waals surface area contributed by atoms with Gasteiger partial charge in [-0.25, -0.2) is 12.7 Å². The molecule has 0 unspecified atom stereocenters. The van der Waals surface area contributed by atoms with Crippen molar-refractivity contribution in [3.05, 3.63) is 59.6 Å². The highest BCUT2D eigenvalue weighted by Crippen LogP contribution is 2.26. The van der Waals surface area contributed by atoms with Crippen LogP contribution in [0.15, 0.2) is 57.5 Å². The molecule has 6 heteroatoms. The lowest BCUT2D eigenvalue weighted by atomic mass is 10.2. The van der Waals surface area contributed by atoms with Gasteiger partial charge in [-0.3, -0.25) is 4.79 Å². The lowest BCUT2D eigenvalue weighted by Crippen LogP contribution is -2.32. The third-order valence-corrected chi connectivity index (χ3v) is 5.35. The van der Waals surface area contributed by atoms with E-state index in [9.17, 15) is 13.2 Å². The van der Waals surface area contributed by atoms with Gasteiger partial charge in [-0.1, -0.05) is 17.7 Å². The summed E-state index contributed by atoms with van der Waals surface area (Å²) in [6.07, 6.45) is 3.48. The maximum Gasteiger partial charge on any atom is 0.266 e. The van der Waals surface area contributed by atoms with Crippen LogP contribution in [0.3, 0.4) is 0 Å². The number of nitrogens with zero attached hydrogens (tertiary/aromatic N) is 1. The van der Waals surface area contributed by atoms with Gasteiger partial charge in [0, 0.05) is 12.1 Å². The Morgan fingerprint density at radius 3 is 2.55 bits per heavy atom. The first-order valence-corrected chi connectivity index (χ1v) is 8.30. The molecule has 1 fully saturated rings. The lowest BCUT2D eigenvalue weighted by molar-refractivity contribution is -0.120. The topological polar surface area (TPSA) is 67.6 Å². The normalized spacial score (nSPS) is 17.4. The van der Waals surface area contributed by atoms with Crippen molar-refractivity contribution in [1.29, 1.82) is 0 Å². The zero-order valence-corrected chi connectivity index (χ0v) is 12.8. The Morgan fingerprint density at radius 2 is 1.91 bits per heavy atom. The summed E-state index contributed by atoms with van der Waals surface area (Å²) in [6, 6.07) is 9.91. The van der Waals surface area contributed by atoms with Gasteiger partial charge in [0.2, 0.25) is 0 Å². The molecule has 0 spiro atoms. The zero-order chi connectivity index (χ0) is 15.7. The highest BCUT2D eigenvalue weighted by Gasteiger charge is 2.36. The summed E-state index contributed by atoms with van der Waals surface area (Å²) in [4.78, 5) is 12.5. The number of benzene rings is 1. The first kappa shape index (κ1) is 14.6. The van der Waals surface area contributed by atoms with Gasteiger partial charge in [-0.05, 0) is 43.7 Å². The Balaban J connectivity index is 1.90. The molecule has 22 heavy (non-hydrogen) atoms. The van der Waals surface area contributed by atoms with Crippen LogP contribution in [-0.4, -0.2) is 25.2 Å². The molecular weight excluding hydrogens is 302 g/mol. The van der Waals surface area contributed by atoms with Crippen LogP contribution in [0.2, 0.25) is 0 Å². The number of amides is 1. The summed E-state index contributed by atoms with van der Waals surface area (Å²) < 4.78 is 31.2. The zero-order valence-electron chi connectivity index (χ0n) is 12.0. The van der Waals surface area contributed by atoms with E-state index in [0.717, 1.165) is 9.87 Å². The minimum atomic E-state index is -3.80. The van der Waals surface area contributed by atoms with E-state index in [1.54, 1.807) is 30.3 Å². The van der Waals surface area contributed by atoms with Crippen LogP contribution < -0.4 is 0 Å². The molecule has 0 bridgehead atoms. The molecule has 1 aliphatic heterocycles. The Kier molecular flexibility index (Phi) is 3.62. The van der Waals surface area contributed by atoms with Crippen molar-refractivity contribution >= 4 is 22.0 Å². The minimum Gasteiger partial charge on any atom is -0.465 e. The highest BCUT2D eigenvalue weighted by molar-refractivity contribution is 7.89. The number of aryl methyl sites for hydroxylation is 1. The van der Waals surface area contributed by atoms with E-state index in [1.807, 2.05) is 6.92 Å². The summed E-state index contributed by atoms with van der Waals surface area (Å²) in [5.74, 6) is 0.0508. The van der Waals surface area contributed by atoms with Gasteiger partial charge in [0.15, 0.2) is 0 Å². The molecule has 1 aromatic heterocycles. The van der Waals surface area contributed by atoms with Gasteiger partial charge in [0.05, 0.1) is 11.2 Å². The van der Waals surface area contributed by atoms with Gasteiger partial charge in [-0.2, -0.15) is 0 Å². The summed E-state index contributed by atoms with van der Waals surface area (Å²) in [5.41, 5.74) is 1.40. The van der Waals surface area contributed by atoms with Crippen LogP contribution >= 0.6 is 0 Å². The fourth-order valence-corrected chi connectivity index (χ4v) is 3.74. The second kappa shape index (κ2) is 5.46. The van der Waals surface area contributed by atoms with Crippen molar-refractivity contribution in [3.8, 4) is 0 Å². The third-order valence-electron chi connectivity index (χ3n) is 3.55. The van der Waals surface area contributed by atoms with Gasteiger partial charge in [-0.15, -0.1) is 0 Å². The molecule has 1 aliphatic rings. The summed E-state index contributed by atoms with van der Waals surface area (Å²) in [6.45, 7) is 2.03. The number of carbonyl (C=O) groups is 1. The number of rotatable bonds is 3. The average molecular weight is 317 g/mol. The van der Waals surface area contributed by atoms with Crippen LogP contribution in [0, 0.1) is 6.92 Å². The molecule has 1 amide bonds. The maximum atomic E-state index is 12.6. The van der Waals surface area contributed by atoms with E-state index < -0.39 is 15.9 Å². The Bertz CT molecular complexity index is 818. The number of hydrogen-bond donors (Lipinski definition) is 0. The van der Waals surface area contributed by atoms with Crippen molar-refractivity contribution in [3.63, 3.8) is 0 Å². The van der Waals surface area contributed by atoms with E-state index in [0.29, 0.717) is 17.8 Å². The molecule has 1 aromatic carbocycles. The van der Waals surface area contributed by atoms with Crippen LogP contribution in [0.5, 0.6) is 0 Å². The summed E-state index contributed by atoms with van der Waals surface area (Å²) in [7, 11) is -3.80. The standard InChI is InChI=1S/C16H15NO4S/c1-12-4-6-15(7-5-12)22(19,20)17-9-8-13(16(17)18)11-14-3-2-10-21-14/h2-7,10-11H,8-9H2,1H3/b13-11+. The fraction of sp³-hybridized carbons (Fsp3) is 0.188.